The number of nitrogens with zero attached hydrogens (tertiary/aromatic N) is 1. The van der Waals surface area contributed by atoms with Crippen molar-refractivity contribution in [3.8, 4) is 0 Å². The molecule has 0 spiro atoms. The summed E-state index contributed by atoms with van der Waals surface area (Å²) in [6.07, 6.45) is 1.66. The maximum Gasteiger partial charge on any atom is 0.351 e. The van der Waals surface area contributed by atoms with Crippen molar-refractivity contribution in [3.05, 3.63) is 51.7 Å². The lowest BCUT2D eigenvalue weighted by atomic mass is 10.1. The van der Waals surface area contributed by atoms with Crippen LogP contribution < -0.4 is 5.32 Å². The zero-order valence-electron chi connectivity index (χ0n) is 17.3. The van der Waals surface area contributed by atoms with E-state index >= 15 is 0 Å². The standard InChI is InChI=1S/C22H21FN2O6S/c1-2-29-22(28)19-14-7-4-8-17(14)32-20(19)24-18(26)11-30-21(27)16-10-15(25-31-16)12-5-3-6-13(23)9-12/h3,5-6,9,16H,2,4,7-8,10-11H2,1H3,(H,24,26). The molecule has 1 aliphatic carbocycles. The molecule has 0 fully saturated rings. The molecule has 0 radical (unpaired) electrons. The third-order valence-electron chi connectivity index (χ3n) is 5.09. The molecule has 2 aliphatic rings. The Hall–Kier alpha value is -3.27. The van der Waals surface area contributed by atoms with E-state index in [-0.39, 0.29) is 13.0 Å². The topological polar surface area (TPSA) is 103 Å². The van der Waals surface area contributed by atoms with Crippen LogP contribution in [0.15, 0.2) is 29.4 Å². The number of carbonyl (C=O) groups is 3. The van der Waals surface area contributed by atoms with E-state index in [2.05, 4.69) is 10.5 Å². The van der Waals surface area contributed by atoms with Crippen LogP contribution in [0.5, 0.6) is 0 Å². The average molecular weight is 460 g/mol. The van der Waals surface area contributed by atoms with Gasteiger partial charge in [-0.3, -0.25) is 4.79 Å². The van der Waals surface area contributed by atoms with Gasteiger partial charge in [-0.2, -0.15) is 0 Å². The number of amides is 1. The molecule has 8 nitrogen and oxygen atoms in total. The smallest absolute Gasteiger partial charge is 0.351 e. The fraction of sp³-hybridized carbons (Fsp3) is 0.364. The first kappa shape index (κ1) is 21.9. The van der Waals surface area contributed by atoms with Crippen molar-refractivity contribution in [3.63, 3.8) is 0 Å². The summed E-state index contributed by atoms with van der Waals surface area (Å²) >= 11 is 1.34. The number of rotatable bonds is 7. The number of esters is 2. The van der Waals surface area contributed by atoms with Crippen molar-refractivity contribution in [2.24, 2.45) is 5.16 Å². The van der Waals surface area contributed by atoms with Crippen molar-refractivity contribution < 1.29 is 33.1 Å². The summed E-state index contributed by atoms with van der Waals surface area (Å²) in [7, 11) is 0. The van der Waals surface area contributed by atoms with Gasteiger partial charge in [0.1, 0.15) is 10.8 Å². The van der Waals surface area contributed by atoms with Crippen LogP contribution in [-0.2, 0) is 36.7 Å². The SMILES string of the molecule is CCOC(=O)c1c(NC(=O)COC(=O)C2CC(c3cccc(F)c3)=NO2)sc2c1CCC2. The molecule has 1 amide bonds. The molecule has 1 aromatic heterocycles. The van der Waals surface area contributed by atoms with Gasteiger partial charge in [-0.05, 0) is 43.9 Å². The molecular weight excluding hydrogens is 439 g/mol. The van der Waals surface area contributed by atoms with Crippen molar-refractivity contribution in [1.82, 2.24) is 0 Å². The number of thiophene rings is 1. The molecule has 4 rings (SSSR count). The zero-order chi connectivity index (χ0) is 22.7. The lowest BCUT2D eigenvalue weighted by Gasteiger charge is -2.10. The molecule has 168 valence electrons. The minimum atomic E-state index is -1.01. The summed E-state index contributed by atoms with van der Waals surface area (Å²) in [5.74, 6) is -2.22. The lowest BCUT2D eigenvalue weighted by molar-refractivity contribution is -0.157. The summed E-state index contributed by atoms with van der Waals surface area (Å²) in [5.41, 5.74) is 2.23. The minimum absolute atomic E-state index is 0.106. The van der Waals surface area contributed by atoms with Crippen LogP contribution in [0.25, 0.3) is 0 Å². The van der Waals surface area contributed by atoms with Crippen LogP contribution in [0.1, 0.15) is 46.1 Å². The number of ether oxygens (including phenoxy) is 2. The highest BCUT2D eigenvalue weighted by atomic mass is 32.1. The second-order valence-corrected chi connectivity index (χ2v) is 8.39. The van der Waals surface area contributed by atoms with Crippen LogP contribution >= 0.6 is 11.3 Å². The van der Waals surface area contributed by atoms with Gasteiger partial charge in [0.25, 0.3) is 5.91 Å². The molecular formula is C22H21FN2O6S. The number of oxime groups is 1. The fourth-order valence-corrected chi connectivity index (χ4v) is 4.94. The van der Waals surface area contributed by atoms with Gasteiger partial charge in [0.15, 0.2) is 6.61 Å². The number of hydrogen-bond acceptors (Lipinski definition) is 8. The highest BCUT2D eigenvalue weighted by Gasteiger charge is 2.32. The first-order chi connectivity index (χ1) is 15.5. The number of carbonyl (C=O) groups excluding carboxylic acids is 3. The Balaban J connectivity index is 1.32. The van der Waals surface area contributed by atoms with E-state index in [9.17, 15) is 18.8 Å². The Morgan fingerprint density at radius 2 is 2.12 bits per heavy atom. The number of nitrogens with one attached hydrogen (secondary N) is 1. The Labute approximate surface area is 187 Å². The fourth-order valence-electron chi connectivity index (χ4n) is 3.65. The monoisotopic (exact) mass is 460 g/mol. The first-order valence-electron chi connectivity index (χ1n) is 10.2. The van der Waals surface area contributed by atoms with Gasteiger partial charge < -0.3 is 19.6 Å². The van der Waals surface area contributed by atoms with Gasteiger partial charge in [0.05, 0.1) is 17.9 Å². The number of halogens is 1. The predicted molar refractivity (Wildman–Crippen MR) is 114 cm³/mol. The molecule has 0 saturated heterocycles. The van der Waals surface area contributed by atoms with E-state index < -0.39 is 36.4 Å². The van der Waals surface area contributed by atoms with Gasteiger partial charge in [0.2, 0.25) is 6.10 Å². The summed E-state index contributed by atoms with van der Waals surface area (Å²) < 4.78 is 23.6. The Morgan fingerprint density at radius 3 is 2.91 bits per heavy atom. The molecule has 10 heteroatoms. The maximum atomic E-state index is 13.4. The van der Waals surface area contributed by atoms with E-state index in [0.717, 1.165) is 29.7 Å². The molecule has 2 heterocycles. The molecule has 32 heavy (non-hydrogen) atoms. The molecule has 1 atom stereocenters. The summed E-state index contributed by atoms with van der Waals surface area (Å²) in [4.78, 5) is 43.2. The molecule has 1 aliphatic heterocycles. The zero-order valence-corrected chi connectivity index (χ0v) is 18.1. The van der Waals surface area contributed by atoms with E-state index in [4.69, 9.17) is 14.3 Å². The van der Waals surface area contributed by atoms with Crippen molar-refractivity contribution in [2.75, 3.05) is 18.5 Å². The summed E-state index contributed by atoms with van der Waals surface area (Å²) in [6.45, 7) is 1.41. The minimum Gasteiger partial charge on any atom is -0.462 e. The van der Waals surface area contributed by atoms with Gasteiger partial charge in [-0.15, -0.1) is 11.3 Å². The molecule has 0 bridgehead atoms. The Bertz CT molecular complexity index is 1100. The number of aryl methyl sites for hydroxylation is 1. The molecule has 1 N–H and O–H groups in total. The van der Waals surface area contributed by atoms with E-state index in [1.54, 1.807) is 13.0 Å². The molecule has 0 saturated carbocycles. The van der Waals surface area contributed by atoms with E-state index in [1.165, 1.54) is 29.5 Å². The molecule has 2 aromatic rings. The van der Waals surface area contributed by atoms with E-state index in [0.29, 0.717) is 21.8 Å². The van der Waals surface area contributed by atoms with Gasteiger partial charge in [0, 0.05) is 16.9 Å². The number of hydrogen-bond donors (Lipinski definition) is 1. The summed E-state index contributed by atoms with van der Waals surface area (Å²) in [6, 6.07) is 5.79. The number of anilines is 1. The van der Waals surface area contributed by atoms with E-state index in [1.807, 2.05) is 0 Å². The van der Waals surface area contributed by atoms with Crippen LogP contribution in [0.3, 0.4) is 0 Å². The molecule has 1 unspecified atom stereocenters. The van der Waals surface area contributed by atoms with Gasteiger partial charge >= 0.3 is 11.9 Å². The molecule has 1 aromatic carbocycles. The maximum absolute atomic E-state index is 13.4. The highest BCUT2D eigenvalue weighted by Crippen LogP contribution is 2.39. The van der Waals surface area contributed by atoms with Crippen molar-refractivity contribution in [2.45, 2.75) is 38.7 Å². The van der Waals surface area contributed by atoms with Crippen LogP contribution in [-0.4, -0.2) is 42.9 Å². The summed E-state index contributed by atoms with van der Waals surface area (Å²) in [5, 5.41) is 6.88. The highest BCUT2D eigenvalue weighted by molar-refractivity contribution is 7.17. The quantitative estimate of drug-likeness (QED) is 0.637. The second-order valence-electron chi connectivity index (χ2n) is 7.28. The van der Waals surface area contributed by atoms with Crippen molar-refractivity contribution >= 4 is 39.9 Å². The third-order valence-corrected chi connectivity index (χ3v) is 6.30. The van der Waals surface area contributed by atoms with Gasteiger partial charge in [-0.25, -0.2) is 14.0 Å². The van der Waals surface area contributed by atoms with Crippen LogP contribution in [0.4, 0.5) is 9.39 Å². The van der Waals surface area contributed by atoms with Crippen molar-refractivity contribution in [1.29, 1.82) is 0 Å². The Morgan fingerprint density at radius 1 is 1.28 bits per heavy atom. The predicted octanol–water partition coefficient (Wildman–Crippen LogP) is 3.23. The van der Waals surface area contributed by atoms with Crippen LogP contribution in [0.2, 0.25) is 0 Å². The largest absolute Gasteiger partial charge is 0.462 e. The average Bonchev–Trinajstić information content (AvgIpc) is 3.48. The number of benzene rings is 1. The number of fused-ring (bicyclic) bond motifs is 1. The van der Waals surface area contributed by atoms with Gasteiger partial charge in [-0.1, -0.05) is 17.3 Å². The first-order valence-corrected chi connectivity index (χ1v) is 11.0. The van der Waals surface area contributed by atoms with Crippen LogP contribution in [0, 0.1) is 5.82 Å². The normalized spacial score (nSPS) is 16.7. The lowest BCUT2D eigenvalue weighted by Crippen LogP contribution is -2.28. The second kappa shape index (κ2) is 9.47. The third kappa shape index (κ3) is 4.64. The Kier molecular flexibility index (Phi) is 6.50.